The van der Waals surface area contributed by atoms with Crippen LogP contribution < -0.4 is 10.0 Å². The summed E-state index contributed by atoms with van der Waals surface area (Å²) in [5.41, 5.74) is 0. The van der Waals surface area contributed by atoms with E-state index in [1.165, 1.54) is 6.07 Å². The summed E-state index contributed by atoms with van der Waals surface area (Å²) < 4.78 is 39.6. The number of piperidine rings is 1. The molecule has 0 amide bonds. The Bertz CT molecular complexity index is 548. The van der Waals surface area contributed by atoms with Crippen LogP contribution in [-0.4, -0.2) is 28.1 Å². The molecule has 4 nitrogen and oxygen atoms in total. The fourth-order valence-corrected chi connectivity index (χ4v) is 3.74. The number of sulfonamides is 1. The molecular formula is C12H17Cl2FN2O2S. The molecule has 0 aliphatic carbocycles. The van der Waals surface area contributed by atoms with Crippen LogP contribution >= 0.6 is 24.0 Å². The minimum Gasteiger partial charge on any atom is -0.316 e. The van der Waals surface area contributed by atoms with Gasteiger partial charge < -0.3 is 5.32 Å². The van der Waals surface area contributed by atoms with Crippen molar-refractivity contribution in [3.8, 4) is 0 Å². The Morgan fingerprint density at radius 1 is 1.45 bits per heavy atom. The summed E-state index contributed by atoms with van der Waals surface area (Å²) in [5, 5.41) is 3.12. The fraction of sp³-hybridized carbons (Fsp3) is 0.500. The van der Waals surface area contributed by atoms with Crippen LogP contribution in [0.1, 0.15) is 12.8 Å². The molecule has 1 fully saturated rings. The average molecular weight is 343 g/mol. The van der Waals surface area contributed by atoms with E-state index in [0.29, 0.717) is 6.54 Å². The molecule has 2 rings (SSSR count). The van der Waals surface area contributed by atoms with Crippen LogP contribution in [0.4, 0.5) is 4.39 Å². The molecule has 0 radical (unpaired) electrons. The van der Waals surface area contributed by atoms with Crippen molar-refractivity contribution in [1.29, 1.82) is 0 Å². The van der Waals surface area contributed by atoms with Gasteiger partial charge in [-0.05, 0) is 50.0 Å². The van der Waals surface area contributed by atoms with Gasteiger partial charge in [-0.2, -0.15) is 0 Å². The Morgan fingerprint density at radius 3 is 2.80 bits per heavy atom. The highest BCUT2D eigenvalue weighted by atomic mass is 35.5. The standard InChI is InChI=1S/C12H16ClFN2O2S.ClH/c13-11-6-10(14)3-4-12(11)19(17,18)16-8-9-2-1-5-15-7-9;/h3-4,6,9,15-16H,1-2,5,7-8H2;1H. The van der Waals surface area contributed by atoms with Gasteiger partial charge in [-0.25, -0.2) is 17.5 Å². The Labute approximate surface area is 129 Å². The number of rotatable bonds is 4. The number of benzene rings is 1. The van der Waals surface area contributed by atoms with Crippen LogP contribution in [0.15, 0.2) is 23.1 Å². The summed E-state index contributed by atoms with van der Waals surface area (Å²) in [6.45, 7) is 2.15. The van der Waals surface area contributed by atoms with Crippen LogP contribution in [0.5, 0.6) is 0 Å². The van der Waals surface area contributed by atoms with Crippen LogP contribution in [0.25, 0.3) is 0 Å². The van der Waals surface area contributed by atoms with E-state index in [9.17, 15) is 12.8 Å². The third-order valence-corrected chi connectivity index (χ3v) is 5.05. The Morgan fingerprint density at radius 2 is 2.20 bits per heavy atom. The zero-order valence-electron chi connectivity index (χ0n) is 10.7. The number of nitrogens with one attached hydrogen (secondary N) is 2. The van der Waals surface area contributed by atoms with Crippen molar-refractivity contribution in [3.05, 3.63) is 29.0 Å². The van der Waals surface area contributed by atoms with Gasteiger partial charge in [0, 0.05) is 6.54 Å². The topological polar surface area (TPSA) is 58.2 Å². The minimum atomic E-state index is -3.68. The van der Waals surface area contributed by atoms with Gasteiger partial charge in [0.05, 0.1) is 5.02 Å². The zero-order chi connectivity index (χ0) is 13.9. The van der Waals surface area contributed by atoms with E-state index in [2.05, 4.69) is 10.0 Å². The maximum absolute atomic E-state index is 12.9. The summed E-state index contributed by atoms with van der Waals surface area (Å²) >= 11 is 5.76. The SMILES string of the molecule is Cl.O=S(=O)(NCC1CCCNC1)c1ccc(F)cc1Cl. The number of hydrogen-bond donors (Lipinski definition) is 2. The summed E-state index contributed by atoms with van der Waals surface area (Å²) in [4.78, 5) is -0.0839. The molecule has 1 saturated heterocycles. The molecule has 1 unspecified atom stereocenters. The monoisotopic (exact) mass is 342 g/mol. The lowest BCUT2D eigenvalue weighted by molar-refractivity contribution is 0.376. The van der Waals surface area contributed by atoms with Gasteiger partial charge >= 0.3 is 0 Å². The molecule has 1 aromatic rings. The second-order valence-corrected chi connectivity index (χ2v) is 6.78. The van der Waals surface area contributed by atoms with E-state index in [1.54, 1.807) is 0 Å². The summed E-state index contributed by atoms with van der Waals surface area (Å²) in [5.74, 6) is -0.275. The van der Waals surface area contributed by atoms with Gasteiger partial charge in [0.25, 0.3) is 0 Å². The molecule has 0 saturated carbocycles. The third kappa shape index (κ3) is 4.56. The molecular weight excluding hydrogens is 326 g/mol. The Balaban J connectivity index is 0.00000200. The normalized spacial score (nSPS) is 19.4. The van der Waals surface area contributed by atoms with Gasteiger partial charge in [-0.3, -0.25) is 0 Å². The molecule has 2 N–H and O–H groups in total. The molecule has 1 heterocycles. The molecule has 8 heteroatoms. The molecule has 1 aliphatic heterocycles. The minimum absolute atomic E-state index is 0. The van der Waals surface area contributed by atoms with Crippen LogP contribution in [-0.2, 0) is 10.0 Å². The molecule has 1 aromatic carbocycles. The molecule has 114 valence electrons. The van der Waals surface area contributed by atoms with Gasteiger partial charge in [-0.15, -0.1) is 12.4 Å². The predicted octanol–water partition coefficient (Wildman–Crippen LogP) is 2.18. The number of hydrogen-bond acceptors (Lipinski definition) is 3. The molecule has 0 aromatic heterocycles. The summed E-state index contributed by atoms with van der Waals surface area (Å²) in [6, 6.07) is 3.26. The first-order valence-corrected chi connectivity index (χ1v) is 8.00. The van der Waals surface area contributed by atoms with E-state index >= 15 is 0 Å². The second kappa shape index (κ2) is 7.56. The molecule has 1 aliphatic rings. The first-order chi connectivity index (χ1) is 8.99. The highest BCUT2D eigenvalue weighted by molar-refractivity contribution is 7.89. The van der Waals surface area contributed by atoms with Crippen LogP contribution in [0.3, 0.4) is 0 Å². The van der Waals surface area contributed by atoms with Gasteiger partial charge in [0.2, 0.25) is 10.0 Å². The van der Waals surface area contributed by atoms with Gasteiger partial charge in [-0.1, -0.05) is 11.6 Å². The fourth-order valence-electron chi connectivity index (χ4n) is 2.10. The van der Waals surface area contributed by atoms with Crippen LogP contribution in [0, 0.1) is 11.7 Å². The smallest absolute Gasteiger partial charge is 0.242 e. The summed E-state index contributed by atoms with van der Waals surface area (Å²) in [6.07, 6.45) is 2.04. The lowest BCUT2D eigenvalue weighted by atomic mass is 10.0. The maximum Gasteiger partial charge on any atom is 0.242 e. The highest BCUT2D eigenvalue weighted by Gasteiger charge is 2.21. The lowest BCUT2D eigenvalue weighted by Crippen LogP contribution is -2.38. The van der Waals surface area contributed by atoms with E-state index < -0.39 is 15.8 Å². The Hall–Kier alpha value is -0.400. The largest absolute Gasteiger partial charge is 0.316 e. The van der Waals surface area contributed by atoms with Crippen molar-refractivity contribution < 1.29 is 12.8 Å². The van der Waals surface area contributed by atoms with Crippen molar-refractivity contribution in [1.82, 2.24) is 10.0 Å². The average Bonchev–Trinajstić information content (AvgIpc) is 2.37. The Kier molecular flexibility index (Phi) is 6.68. The van der Waals surface area contributed by atoms with Crippen molar-refractivity contribution in [2.75, 3.05) is 19.6 Å². The number of halogens is 3. The first kappa shape index (κ1) is 17.7. The summed E-state index contributed by atoms with van der Waals surface area (Å²) in [7, 11) is -3.68. The van der Waals surface area contributed by atoms with Crippen molar-refractivity contribution in [2.45, 2.75) is 17.7 Å². The quantitative estimate of drug-likeness (QED) is 0.881. The lowest BCUT2D eigenvalue weighted by Gasteiger charge is -2.22. The van der Waals surface area contributed by atoms with E-state index in [0.717, 1.165) is 38.1 Å². The van der Waals surface area contributed by atoms with Crippen LogP contribution in [0.2, 0.25) is 5.02 Å². The van der Waals surface area contributed by atoms with E-state index in [-0.39, 0.29) is 28.2 Å². The van der Waals surface area contributed by atoms with E-state index in [1.807, 2.05) is 0 Å². The predicted molar refractivity (Wildman–Crippen MR) is 79.4 cm³/mol. The van der Waals surface area contributed by atoms with Crippen molar-refractivity contribution >= 4 is 34.0 Å². The second-order valence-electron chi connectivity index (χ2n) is 4.64. The first-order valence-electron chi connectivity index (χ1n) is 6.14. The van der Waals surface area contributed by atoms with Gasteiger partial charge in [0.15, 0.2) is 0 Å². The van der Waals surface area contributed by atoms with E-state index in [4.69, 9.17) is 11.6 Å². The zero-order valence-corrected chi connectivity index (χ0v) is 13.1. The molecule has 1 atom stereocenters. The molecule has 20 heavy (non-hydrogen) atoms. The highest BCUT2D eigenvalue weighted by Crippen LogP contribution is 2.22. The molecule has 0 bridgehead atoms. The van der Waals surface area contributed by atoms with Gasteiger partial charge in [0.1, 0.15) is 10.7 Å². The van der Waals surface area contributed by atoms with Crippen molar-refractivity contribution in [3.63, 3.8) is 0 Å². The maximum atomic E-state index is 12.9. The third-order valence-electron chi connectivity index (χ3n) is 3.14. The van der Waals surface area contributed by atoms with Crippen molar-refractivity contribution in [2.24, 2.45) is 5.92 Å². The molecule has 0 spiro atoms.